The number of halogens is 2. The molecule has 4 saturated carbocycles. The minimum absolute atomic E-state index is 0.0888. The number of aliphatic hydroxyl groups is 1. The van der Waals surface area contributed by atoms with Crippen LogP contribution in [0.25, 0.3) is 0 Å². The summed E-state index contributed by atoms with van der Waals surface area (Å²) < 4.78 is 31.7. The van der Waals surface area contributed by atoms with Gasteiger partial charge in [-0.05, 0) is 69.4 Å². The van der Waals surface area contributed by atoms with Gasteiger partial charge >= 0.3 is 5.97 Å². The number of hydrogen-bond donors (Lipinski definition) is 2. The van der Waals surface area contributed by atoms with Crippen molar-refractivity contribution in [3.63, 3.8) is 0 Å². The highest BCUT2D eigenvalue weighted by molar-refractivity contribution is 5.95. The molecule has 7 heteroatoms. The van der Waals surface area contributed by atoms with E-state index in [1.54, 1.807) is 0 Å². The van der Waals surface area contributed by atoms with Gasteiger partial charge in [0.05, 0.1) is 11.0 Å². The molecule has 5 atom stereocenters. The van der Waals surface area contributed by atoms with Crippen LogP contribution in [-0.2, 0) is 14.3 Å². The molecule has 0 spiro atoms. The molecule has 1 aromatic rings. The van der Waals surface area contributed by atoms with Gasteiger partial charge < -0.3 is 15.2 Å². The first-order valence-electron chi connectivity index (χ1n) is 9.37. The molecule has 0 heterocycles. The van der Waals surface area contributed by atoms with Crippen LogP contribution in [0.3, 0.4) is 0 Å². The second-order valence-electron chi connectivity index (χ2n) is 8.63. The largest absolute Gasteiger partial charge is 0.452 e. The molecule has 2 unspecified atom stereocenters. The van der Waals surface area contributed by atoms with Crippen molar-refractivity contribution in [2.24, 2.45) is 17.3 Å². The third-order valence-corrected chi connectivity index (χ3v) is 6.30. The first-order valence-corrected chi connectivity index (χ1v) is 9.37. The molecule has 4 fully saturated rings. The SMILES string of the molecule is C[C@H](OC(=O)C12C[C@@H]3C[C@@H](CC(O)(C3)C1)C2)C(=O)Nc1ccc(F)c(F)c1. The van der Waals surface area contributed by atoms with Gasteiger partial charge in [0.2, 0.25) is 0 Å². The number of anilines is 1. The third-order valence-electron chi connectivity index (χ3n) is 6.30. The number of nitrogens with one attached hydrogen (secondary N) is 1. The number of hydrogen-bond acceptors (Lipinski definition) is 4. The van der Waals surface area contributed by atoms with Gasteiger partial charge in [0.15, 0.2) is 17.7 Å². The maximum absolute atomic E-state index is 13.3. The topological polar surface area (TPSA) is 75.6 Å². The highest BCUT2D eigenvalue weighted by Gasteiger charge is 2.61. The van der Waals surface area contributed by atoms with Crippen LogP contribution < -0.4 is 5.32 Å². The molecule has 5 nitrogen and oxygen atoms in total. The lowest BCUT2D eigenvalue weighted by Crippen LogP contribution is -2.59. The molecule has 146 valence electrons. The van der Waals surface area contributed by atoms with Gasteiger partial charge in [-0.25, -0.2) is 8.78 Å². The van der Waals surface area contributed by atoms with Crippen molar-refractivity contribution in [2.45, 2.75) is 57.2 Å². The molecule has 27 heavy (non-hydrogen) atoms. The molecule has 0 saturated heterocycles. The summed E-state index contributed by atoms with van der Waals surface area (Å²) in [5, 5.41) is 13.2. The predicted octanol–water partition coefficient (Wildman–Crippen LogP) is 3.17. The number of benzene rings is 1. The van der Waals surface area contributed by atoms with Crippen molar-refractivity contribution in [1.82, 2.24) is 0 Å². The Hall–Kier alpha value is -2.02. The Morgan fingerprint density at radius 3 is 2.44 bits per heavy atom. The molecule has 2 N–H and O–H groups in total. The number of ether oxygens (including phenoxy) is 1. The van der Waals surface area contributed by atoms with Gasteiger partial charge in [-0.15, -0.1) is 0 Å². The van der Waals surface area contributed by atoms with Crippen molar-refractivity contribution in [3.8, 4) is 0 Å². The zero-order valence-corrected chi connectivity index (χ0v) is 15.1. The van der Waals surface area contributed by atoms with Gasteiger partial charge in [-0.1, -0.05) is 0 Å². The Morgan fingerprint density at radius 1 is 1.19 bits per heavy atom. The normalized spacial score (nSPS) is 35.0. The molecule has 0 aliphatic heterocycles. The fourth-order valence-corrected chi connectivity index (χ4v) is 5.61. The molecular formula is C20H23F2NO4. The van der Waals surface area contributed by atoms with E-state index in [0.29, 0.717) is 31.1 Å². The van der Waals surface area contributed by atoms with Gasteiger partial charge in [-0.3, -0.25) is 9.59 Å². The average Bonchev–Trinajstić information content (AvgIpc) is 2.55. The Labute approximate surface area is 156 Å². The smallest absolute Gasteiger partial charge is 0.312 e. The maximum atomic E-state index is 13.3. The summed E-state index contributed by atoms with van der Waals surface area (Å²) in [6.07, 6.45) is 3.24. The van der Waals surface area contributed by atoms with Gasteiger partial charge in [0.1, 0.15) is 0 Å². The summed E-state index contributed by atoms with van der Waals surface area (Å²) in [4.78, 5) is 25.2. The first-order chi connectivity index (χ1) is 12.7. The highest BCUT2D eigenvalue weighted by Crippen LogP contribution is 2.62. The van der Waals surface area contributed by atoms with Crippen LogP contribution in [0.5, 0.6) is 0 Å². The van der Waals surface area contributed by atoms with Crippen molar-refractivity contribution in [3.05, 3.63) is 29.8 Å². The van der Waals surface area contributed by atoms with Crippen LogP contribution in [0.4, 0.5) is 14.5 Å². The summed E-state index contributed by atoms with van der Waals surface area (Å²) in [5.74, 6) is -2.47. The second kappa shape index (κ2) is 6.26. The van der Waals surface area contributed by atoms with Crippen LogP contribution in [-0.4, -0.2) is 28.7 Å². The number of esters is 1. The molecular weight excluding hydrogens is 356 g/mol. The Bertz CT molecular complexity index is 782. The van der Waals surface area contributed by atoms with Gasteiger partial charge in [-0.2, -0.15) is 0 Å². The van der Waals surface area contributed by atoms with Crippen LogP contribution in [0.2, 0.25) is 0 Å². The summed E-state index contributed by atoms with van der Waals surface area (Å²) in [6, 6.07) is 3.02. The van der Waals surface area contributed by atoms with E-state index in [2.05, 4.69) is 5.32 Å². The highest BCUT2D eigenvalue weighted by atomic mass is 19.2. The van der Waals surface area contributed by atoms with E-state index in [1.807, 2.05) is 0 Å². The van der Waals surface area contributed by atoms with Crippen LogP contribution >= 0.6 is 0 Å². The lowest BCUT2D eigenvalue weighted by Gasteiger charge is -2.58. The zero-order chi connectivity index (χ0) is 19.4. The number of carbonyl (C=O) groups excluding carboxylic acids is 2. The Kier molecular flexibility index (Phi) is 4.25. The van der Waals surface area contributed by atoms with Crippen molar-refractivity contribution in [2.75, 3.05) is 5.32 Å². The van der Waals surface area contributed by atoms with E-state index in [4.69, 9.17) is 4.74 Å². The summed E-state index contributed by atoms with van der Waals surface area (Å²) in [6.45, 7) is 1.45. The lowest BCUT2D eigenvalue weighted by molar-refractivity contribution is -0.199. The molecule has 5 rings (SSSR count). The zero-order valence-electron chi connectivity index (χ0n) is 15.1. The number of carbonyl (C=O) groups is 2. The van der Waals surface area contributed by atoms with E-state index in [9.17, 15) is 23.5 Å². The molecule has 0 aromatic heterocycles. The minimum Gasteiger partial charge on any atom is -0.452 e. The van der Waals surface area contributed by atoms with E-state index in [1.165, 1.54) is 13.0 Å². The van der Waals surface area contributed by atoms with Crippen LogP contribution in [0, 0.1) is 28.9 Å². The Balaban J connectivity index is 1.42. The molecule has 1 aromatic carbocycles. The van der Waals surface area contributed by atoms with Crippen molar-refractivity contribution >= 4 is 17.6 Å². The average molecular weight is 379 g/mol. The second-order valence-corrected chi connectivity index (χ2v) is 8.63. The van der Waals surface area contributed by atoms with Gasteiger partial charge in [0.25, 0.3) is 5.91 Å². The van der Waals surface area contributed by atoms with E-state index in [0.717, 1.165) is 31.4 Å². The Morgan fingerprint density at radius 2 is 1.85 bits per heavy atom. The fourth-order valence-electron chi connectivity index (χ4n) is 5.61. The molecule has 4 bridgehead atoms. The lowest BCUT2D eigenvalue weighted by atomic mass is 9.48. The molecule has 4 aliphatic carbocycles. The predicted molar refractivity (Wildman–Crippen MR) is 92.6 cm³/mol. The third kappa shape index (κ3) is 3.33. The van der Waals surface area contributed by atoms with Crippen LogP contribution in [0.15, 0.2) is 18.2 Å². The fraction of sp³-hybridized carbons (Fsp3) is 0.600. The molecule has 0 radical (unpaired) electrons. The van der Waals surface area contributed by atoms with Crippen molar-refractivity contribution < 1.29 is 28.2 Å². The number of amides is 1. The summed E-state index contributed by atoms with van der Waals surface area (Å²) in [5.41, 5.74) is -1.42. The quantitative estimate of drug-likeness (QED) is 0.788. The first kappa shape index (κ1) is 18.3. The van der Waals surface area contributed by atoms with E-state index in [-0.39, 0.29) is 5.69 Å². The molecule has 4 aliphatic rings. The standard InChI is InChI=1S/C20H23F2NO4/c1-11(17(24)23-14-2-3-15(21)16(22)5-14)27-18(25)19-6-12-4-13(7-19)9-20(26,8-12)10-19/h2-3,5,11-13,26H,4,6-10H2,1H3,(H,23,24)/t11-,12-,13+,19?,20?/m0/s1. The minimum atomic E-state index is -1.08. The summed E-state index contributed by atoms with van der Waals surface area (Å²) >= 11 is 0. The van der Waals surface area contributed by atoms with E-state index < -0.39 is 40.6 Å². The maximum Gasteiger partial charge on any atom is 0.312 e. The summed E-state index contributed by atoms with van der Waals surface area (Å²) in [7, 11) is 0. The molecule has 1 amide bonds. The van der Waals surface area contributed by atoms with Crippen LogP contribution in [0.1, 0.15) is 45.4 Å². The van der Waals surface area contributed by atoms with Gasteiger partial charge in [0, 0.05) is 11.8 Å². The van der Waals surface area contributed by atoms with E-state index >= 15 is 0 Å². The monoisotopic (exact) mass is 379 g/mol. The number of rotatable bonds is 4. The van der Waals surface area contributed by atoms with Crippen molar-refractivity contribution in [1.29, 1.82) is 0 Å².